The molecule has 0 spiro atoms. The predicted octanol–water partition coefficient (Wildman–Crippen LogP) is 2.04. The molecule has 0 heterocycles. The number of carboxylic acid groups (broad SMARTS) is 1. The van der Waals surface area contributed by atoms with Gasteiger partial charge in [-0.05, 0) is 24.7 Å². The van der Waals surface area contributed by atoms with Crippen molar-refractivity contribution in [3.8, 4) is 0 Å². The number of rotatable bonds is 6. The lowest BCUT2D eigenvalue weighted by Gasteiger charge is -2.33. The highest BCUT2D eigenvalue weighted by atomic mass is 16.4. The van der Waals surface area contributed by atoms with E-state index in [1.165, 1.54) is 19.3 Å². The summed E-state index contributed by atoms with van der Waals surface area (Å²) in [7, 11) is 0. The van der Waals surface area contributed by atoms with Gasteiger partial charge in [-0.3, -0.25) is 14.9 Å². The SMILES string of the molecule is CC1(CNC(=O)NC(=O)CCCC(=O)O)CCCCC1. The minimum Gasteiger partial charge on any atom is -0.481 e. The maximum absolute atomic E-state index is 11.6. The first-order chi connectivity index (χ1) is 9.41. The second-order valence-electron chi connectivity index (χ2n) is 5.85. The van der Waals surface area contributed by atoms with Gasteiger partial charge in [0.15, 0.2) is 0 Å². The van der Waals surface area contributed by atoms with Gasteiger partial charge in [-0.2, -0.15) is 0 Å². The molecule has 0 aromatic carbocycles. The number of nitrogens with one attached hydrogen (secondary N) is 2. The van der Waals surface area contributed by atoms with Gasteiger partial charge in [0.2, 0.25) is 5.91 Å². The molecule has 0 aromatic heterocycles. The average Bonchev–Trinajstić information content (AvgIpc) is 2.37. The van der Waals surface area contributed by atoms with E-state index in [1.807, 2.05) is 0 Å². The highest BCUT2D eigenvalue weighted by Gasteiger charge is 2.27. The molecule has 3 amide bonds. The van der Waals surface area contributed by atoms with Gasteiger partial charge in [0.1, 0.15) is 0 Å². The van der Waals surface area contributed by atoms with E-state index in [1.54, 1.807) is 0 Å². The predicted molar refractivity (Wildman–Crippen MR) is 74.2 cm³/mol. The molecule has 0 radical (unpaired) electrons. The Labute approximate surface area is 119 Å². The van der Waals surface area contributed by atoms with Crippen molar-refractivity contribution >= 4 is 17.9 Å². The molecule has 1 rings (SSSR count). The maximum Gasteiger partial charge on any atom is 0.321 e. The van der Waals surface area contributed by atoms with Crippen molar-refractivity contribution in [2.75, 3.05) is 6.54 Å². The Morgan fingerprint density at radius 2 is 1.75 bits per heavy atom. The molecule has 1 aliphatic carbocycles. The topological polar surface area (TPSA) is 95.5 Å². The molecular formula is C14H24N2O4. The van der Waals surface area contributed by atoms with E-state index in [0.29, 0.717) is 6.54 Å². The number of hydrogen-bond acceptors (Lipinski definition) is 3. The van der Waals surface area contributed by atoms with Gasteiger partial charge in [0.25, 0.3) is 0 Å². The largest absolute Gasteiger partial charge is 0.481 e. The highest BCUT2D eigenvalue weighted by molar-refractivity contribution is 5.94. The lowest BCUT2D eigenvalue weighted by Crippen LogP contribution is -2.44. The molecule has 6 heteroatoms. The summed E-state index contributed by atoms with van der Waals surface area (Å²) < 4.78 is 0. The number of urea groups is 1. The van der Waals surface area contributed by atoms with Crippen molar-refractivity contribution in [1.82, 2.24) is 10.6 Å². The number of carbonyl (C=O) groups is 3. The molecule has 1 saturated carbocycles. The number of imide groups is 1. The molecule has 0 aliphatic heterocycles. The van der Waals surface area contributed by atoms with Crippen LogP contribution in [0, 0.1) is 5.41 Å². The third-order valence-corrected chi connectivity index (χ3v) is 3.78. The zero-order valence-corrected chi connectivity index (χ0v) is 12.0. The van der Waals surface area contributed by atoms with Crippen LogP contribution in [0.5, 0.6) is 0 Å². The quantitative estimate of drug-likeness (QED) is 0.695. The average molecular weight is 284 g/mol. The Kier molecular flexibility index (Phi) is 6.48. The van der Waals surface area contributed by atoms with E-state index in [4.69, 9.17) is 5.11 Å². The summed E-state index contributed by atoms with van der Waals surface area (Å²) in [5.41, 5.74) is 0.127. The molecule has 1 aliphatic rings. The van der Waals surface area contributed by atoms with Crippen LogP contribution in [0.15, 0.2) is 0 Å². The van der Waals surface area contributed by atoms with Crippen LogP contribution in [0.3, 0.4) is 0 Å². The minimum absolute atomic E-state index is 0.0526. The van der Waals surface area contributed by atoms with E-state index < -0.39 is 17.9 Å². The van der Waals surface area contributed by atoms with Gasteiger partial charge < -0.3 is 10.4 Å². The first-order valence-electron chi connectivity index (χ1n) is 7.21. The molecule has 0 atom stereocenters. The third kappa shape index (κ3) is 6.54. The molecular weight excluding hydrogens is 260 g/mol. The van der Waals surface area contributed by atoms with Gasteiger partial charge in [0.05, 0.1) is 0 Å². The summed E-state index contributed by atoms with van der Waals surface area (Å²) in [6, 6.07) is -0.489. The normalized spacial score (nSPS) is 17.2. The van der Waals surface area contributed by atoms with Crippen LogP contribution < -0.4 is 10.6 Å². The van der Waals surface area contributed by atoms with Crippen molar-refractivity contribution < 1.29 is 19.5 Å². The highest BCUT2D eigenvalue weighted by Crippen LogP contribution is 2.34. The number of aliphatic carboxylic acids is 1. The smallest absolute Gasteiger partial charge is 0.321 e. The Morgan fingerprint density at radius 3 is 2.35 bits per heavy atom. The van der Waals surface area contributed by atoms with Crippen LogP contribution in [0.25, 0.3) is 0 Å². The lowest BCUT2D eigenvalue weighted by atomic mass is 9.76. The van der Waals surface area contributed by atoms with Crippen LogP contribution in [0.4, 0.5) is 4.79 Å². The Hall–Kier alpha value is -1.59. The number of hydrogen-bond donors (Lipinski definition) is 3. The van der Waals surface area contributed by atoms with Crippen molar-refractivity contribution in [3.63, 3.8) is 0 Å². The summed E-state index contributed by atoms with van der Waals surface area (Å²) >= 11 is 0. The third-order valence-electron chi connectivity index (χ3n) is 3.78. The van der Waals surface area contributed by atoms with Gasteiger partial charge in [-0.15, -0.1) is 0 Å². The van der Waals surface area contributed by atoms with E-state index >= 15 is 0 Å². The summed E-state index contributed by atoms with van der Waals surface area (Å²) in [5, 5.41) is 13.4. The number of carbonyl (C=O) groups excluding carboxylic acids is 2. The molecule has 6 nitrogen and oxygen atoms in total. The standard InChI is InChI=1S/C14H24N2O4/c1-14(8-3-2-4-9-14)10-15-13(20)16-11(17)6-5-7-12(18)19/h2-10H2,1H3,(H,18,19)(H2,15,16,17,20). The molecule has 114 valence electrons. The fraction of sp³-hybridized carbons (Fsp3) is 0.786. The summed E-state index contributed by atoms with van der Waals surface area (Å²) in [6.07, 6.45) is 6.06. The first kappa shape index (κ1) is 16.5. The molecule has 1 fully saturated rings. The second kappa shape index (κ2) is 7.87. The van der Waals surface area contributed by atoms with Crippen molar-refractivity contribution in [3.05, 3.63) is 0 Å². The molecule has 3 N–H and O–H groups in total. The van der Waals surface area contributed by atoms with Crippen LogP contribution in [0.1, 0.15) is 58.3 Å². The summed E-state index contributed by atoms with van der Waals surface area (Å²) in [5.74, 6) is -1.37. The van der Waals surface area contributed by atoms with Gasteiger partial charge in [0, 0.05) is 19.4 Å². The fourth-order valence-corrected chi connectivity index (χ4v) is 2.51. The Balaban J connectivity index is 2.19. The number of carboxylic acids is 1. The van der Waals surface area contributed by atoms with Gasteiger partial charge >= 0.3 is 12.0 Å². The monoisotopic (exact) mass is 284 g/mol. The molecule has 0 unspecified atom stereocenters. The van der Waals surface area contributed by atoms with Crippen LogP contribution in [0.2, 0.25) is 0 Å². The number of amides is 3. The van der Waals surface area contributed by atoms with Crippen molar-refractivity contribution in [1.29, 1.82) is 0 Å². The first-order valence-corrected chi connectivity index (χ1v) is 7.21. The molecule has 0 bridgehead atoms. The molecule has 0 aromatic rings. The zero-order valence-electron chi connectivity index (χ0n) is 12.0. The minimum atomic E-state index is -0.938. The van der Waals surface area contributed by atoms with Crippen molar-refractivity contribution in [2.45, 2.75) is 58.3 Å². The van der Waals surface area contributed by atoms with E-state index in [0.717, 1.165) is 12.8 Å². The Morgan fingerprint density at radius 1 is 1.10 bits per heavy atom. The van der Waals surface area contributed by atoms with Gasteiger partial charge in [-0.25, -0.2) is 4.79 Å². The van der Waals surface area contributed by atoms with E-state index in [-0.39, 0.29) is 24.7 Å². The summed E-state index contributed by atoms with van der Waals surface area (Å²) in [4.78, 5) is 33.3. The Bertz CT molecular complexity index is 362. The molecule has 0 saturated heterocycles. The van der Waals surface area contributed by atoms with Crippen LogP contribution in [-0.2, 0) is 9.59 Å². The molecule has 20 heavy (non-hydrogen) atoms. The van der Waals surface area contributed by atoms with E-state index in [9.17, 15) is 14.4 Å². The fourth-order valence-electron chi connectivity index (χ4n) is 2.51. The van der Waals surface area contributed by atoms with Crippen LogP contribution in [-0.4, -0.2) is 29.6 Å². The lowest BCUT2D eigenvalue weighted by molar-refractivity contribution is -0.137. The van der Waals surface area contributed by atoms with Crippen molar-refractivity contribution in [2.24, 2.45) is 5.41 Å². The van der Waals surface area contributed by atoms with Gasteiger partial charge in [-0.1, -0.05) is 26.2 Å². The second-order valence-corrected chi connectivity index (χ2v) is 5.85. The summed E-state index contributed by atoms with van der Waals surface area (Å²) in [6.45, 7) is 2.72. The zero-order chi connectivity index (χ0) is 15.0. The van der Waals surface area contributed by atoms with Crippen LogP contribution >= 0.6 is 0 Å². The van der Waals surface area contributed by atoms with E-state index in [2.05, 4.69) is 17.6 Å². The maximum atomic E-state index is 11.6.